The van der Waals surface area contributed by atoms with E-state index in [1.165, 1.54) is 4.31 Å². The molecule has 1 rings (SSSR count). The van der Waals surface area contributed by atoms with Crippen LogP contribution >= 0.6 is 0 Å². The van der Waals surface area contributed by atoms with Gasteiger partial charge in [0.25, 0.3) is 0 Å². The molecule has 0 saturated heterocycles. The third-order valence-corrected chi connectivity index (χ3v) is 6.69. The standard InChI is InChI=1S/C23H43N5O3S/c1-18(2)20-12-9-13-21(19(3)4)22(20)24-23(29)25-32(30,31)28(16-10-14-26(5)6)17-11-15-27(7)8/h9,12-13,18-19H,10-11,14-17H2,1-8H3,(H2,24,25,29). The molecule has 0 spiro atoms. The van der Waals surface area contributed by atoms with E-state index in [9.17, 15) is 13.2 Å². The molecule has 1 aromatic carbocycles. The summed E-state index contributed by atoms with van der Waals surface area (Å²) in [5.41, 5.74) is 2.66. The maximum atomic E-state index is 13.0. The van der Waals surface area contributed by atoms with E-state index in [4.69, 9.17) is 0 Å². The van der Waals surface area contributed by atoms with E-state index in [0.29, 0.717) is 31.6 Å². The van der Waals surface area contributed by atoms with E-state index < -0.39 is 16.2 Å². The van der Waals surface area contributed by atoms with Crippen LogP contribution < -0.4 is 10.0 Å². The minimum atomic E-state index is -3.97. The summed E-state index contributed by atoms with van der Waals surface area (Å²) < 4.78 is 29.7. The Morgan fingerprint density at radius 3 is 1.66 bits per heavy atom. The van der Waals surface area contributed by atoms with Crippen LogP contribution in [0.25, 0.3) is 0 Å². The molecule has 0 aliphatic rings. The summed E-state index contributed by atoms with van der Waals surface area (Å²) in [6.07, 6.45) is 1.37. The largest absolute Gasteiger partial charge is 0.333 e. The second-order valence-electron chi connectivity index (χ2n) is 9.39. The smallest absolute Gasteiger partial charge is 0.309 e. The molecule has 0 aromatic heterocycles. The normalized spacial score (nSPS) is 12.4. The van der Waals surface area contributed by atoms with Gasteiger partial charge in [0.15, 0.2) is 0 Å². The SMILES string of the molecule is CC(C)c1cccc(C(C)C)c1NC(=O)NS(=O)(=O)N(CCCN(C)C)CCCN(C)C. The molecule has 2 amide bonds. The summed E-state index contributed by atoms with van der Waals surface area (Å²) in [7, 11) is 3.84. The first-order valence-electron chi connectivity index (χ1n) is 11.4. The van der Waals surface area contributed by atoms with Gasteiger partial charge in [0.2, 0.25) is 0 Å². The molecule has 0 unspecified atom stereocenters. The van der Waals surface area contributed by atoms with Gasteiger partial charge in [0.05, 0.1) is 0 Å². The molecule has 184 valence electrons. The number of carbonyl (C=O) groups is 1. The molecule has 9 heteroatoms. The monoisotopic (exact) mass is 469 g/mol. The van der Waals surface area contributed by atoms with Crippen molar-refractivity contribution < 1.29 is 13.2 Å². The summed E-state index contributed by atoms with van der Waals surface area (Å²) in [6, 6.07) is 5.18. The van der Waals surface area contributed by atoms with Crippen molar-refractivity contribution in [3.63, 3.8) is 0 Å². The summed E-state index contributed by atoms with van der Waals surface area (Å²) >= 11 is 0. The van der Waals surface area contributed by atoms with Crippen molar-refractivity contribution in [3.05, 3.63) is 29.3 Å². The van der Waals surface area contributed by atoms with Crippen LogP contribution in [0.1, 0.15) is 63.5 Å². The molecule has 0 radical (unpaired) electrons. The fourth-order valence-electron chi connectivity index (χ4n) is 3.49. The Bertz CT molecular complexity index is 783. The first kappa shape index (κ1) is 28.4. The zero-order valence-electron chi connectivity index (χ0n) is 21.1. The minimum absolute atomic E-state index is 0.189. The van der Waals surface area contributed by atoms with Crippen molar-refractivity contribution in [3.8, 4) is 0 Å². The molecule has 0 bridgehead atoms. The fraction of sp³-hybridized carbons (Fsp3) is 0.696. The van der Waals surface area contributed by atoms with E-state index in [-0.39, 0.29) is 11.8 Å². The average molecular weight is 470 g/mol. The molecule has 1 aromatic rings. The van der Waals surface area contributed by atoms with Crippen LogP contribution in [0.5, 0.6) is 0 Å². The predicted octanol–water partition coefficient (Wildman–Crippen LogP) is 3.51. The number of hydrogen-bond acceptors (Lipinski definition) is 5. The number of para-hydroxylation sites is 1. The summed E-state index contributed by atoms with van der Waals surface area (Å²) in [5, 5.41) is 2.83. The van der Waals surface area contributed by atoms with Crippen molar-refractivity contribution >= 4 is 21.9 Å². The highest BCUT2D eigenvalue weighted by molar-refractivity contribution is 7.87. The summed E-state index contributed by atoms with van der Waals surface area (Å²) in [6.45, 7) is 10.5. The van der Waals surface area contributed by atoms with Gasteiger partial charge in [-0.2, -0.15) is 12.7 Å². The van der Waals surface area contributed by atoms with Gasteiger partial charge in [-0.25, -0.2) is 9.52 Å². The van der Waals surface area contributed by atoms with Crippen molar-refractivity contribution in [1.82, 2.24) is 18.8 Å². The van der Waals surface area contributed by atoms with E-state index in [1.807, 2.05) is 56.2 Å². The van der Waals surface area contributed by atoms with Crippen molar-refractivity contribution in [1.29, 1.82) is 0 Å². The van der Waals surface area contributed by atoms with Gasteiger partial charge in [0.1, 0.15) is 0 Å². The van der Waals surface area contributed by atoms with E-state index in [2.05, 4.69) is 37.7 Å². The van der Waals surface area contributed by atoms with Gasteiger partial charge in [-0.3, -0.25) is 0 Å². The van der Waals surface area contributed by atoms with Gasteiger partial charge in [-0.1, -0.05) is 45.9 Å². The van der Waals surface area contributed by atoms with Crippen LogP contribution in [0.3, 0.4) is 0 Å². The molecule has 0 saturated carbocycles. The Kier molecular flexibility index (Phi) is 11.6. The van der Waals surface area contributed by atoms with Gasteiger partial charge < -0.3 is 15.1 Å². The third kappa shape index (κ3) is 9.44. The minimum Gasteiger partial charge on any atom is -0.309 e. The molecule has 8 nitrogen and oxygen atoms in total. The van der Waals surface area contributed by atoms with E-state index >= 15 is 0 Å². The number of nitrogens with zero attached hydrogens (tertiary/aromatic N) is 3. The van der Waals surface area contributed by atoms with Crippen molar-refractivity contribution in [2.24, 2.45) is 0 Å². The van der Waals surface area contributed by atoms with Crippen molar-refractivity contribution in [2.75, 3.05) is 59.7 Å². The molecule has 0 fully saturated rings. The van der Waals surface area contributed by atoms with Crippen LogP contribution in [0.4, 0.5) is 10.5 Å². The lowest BCUT2D eigenvalue weighted by atomic mass is 9.93. The molecule has 0 aliphatic carbocycles. The number of carbonyl (C=O) groups excluding carboxylic acids is 1. The molecule has 0 aliphatic heterocycles. The highest BCUT2D eigenvalue weighted by atomic mass is 32.2. The Morgan fingerprint density at radius 1 is 0.844 bits per heavy atom. The summed E-state index contributed by atoms with van der Waals surface area (Å²) in [5.74, 6) is 0.378. The number of nitrogens with one attached hydrogen (secondary N) is 2. The fourth-order valence-corrected chi connectivity index (χ4v) is 4.65. The zero-order chi connectivity index (χ0) is 24.5. The average Bonchev–Trinajstić information content (AvgIpc) is 2.65. The van der Waals surface area contributed by atoms with Gasteiger partial charge >= 0.3 is 16.2 Å². The van der Waals surface area contributed by atoms with E-state index in [1.54, 1.807) is 0 Å². The Hall–Kier alpha value is -1.68. The molecule has 32 heavy (non-hydrogen) atoms. The number of amides is 2. The van der Waals surface area contributed by atoms with Crippen LogP contribution in [-0.4, -0.2) is 82.9 Å². The van der Waals surface area contributed by atoms with Gasteiger partial charge in [0, 0.05) is 18.8 Å². The second-order valence-corrected chi connectivity index (χ2v) is 11.1. The number of anilines is 1. The molecule has 0 atom stereocenters. The predicted molar refractivity (Wildman–Crippen MR) is 134 cm³/mol. The zero-order valence-corrected chi connectivity index (χ0v) is 21.9. The topological polar surface area (TPSA) is 85.0 Å². The van der Waals surface area contributed by atoms with Crippen LogP contribution in [0.2, 0.25) is 0 Å². The number of rotatable bonds is 13. The highest BCUT2D eigenvalue weighted by Crippen LogP contribution is 2.32. The van der Waals surface area contributed by atoms with E-state index in [0.717, 1.165) is 24.2 Å². The first-order valence-corrected chi connectivity index (χ1v) is 12.8. The quantitative estimate of drug-likeness (QED) is 0.462. The second kappa shape index (κ2) is 13.1. The third-order valence-electron chi connectivity index (χ3n) is 5.20. The molecule has 2 N–H and O–H groups in total. The maximum absolute atomic E-state index is 13.0. The van der Waals surface area contributed by atoms with Crippen LogP contribution in [0.15, 0.2) is 18.2 Å². The lowest BCUT2D eigenvalue weighted by Crippen LogP contribution is -2.46. The lowest BCUT2D eigenvalue weighted by molar-refractivity contribution is 0.255. The number of hydrogen-bond donors (Lipinski definition) is 2. The number of urea groups is 1. The Labute approximate surface area is 195 Å². The number of benzene rings is 1. The molecular weight excluding hydrogens is 426 g/mol. The maximum Gasteiger partial charge on any atom is 0.333 e. The first-order chi connectivity index (χ1) is 14.8. The lowest BCUT2D eigenvalue weighted by Gasteiger charge is -2.25. The highest BCUT2D eigenvalue weighted by Gasteiger charge is 2.25. The molecule has 0 heterocycles. The summed E-state index contributed by atoms with van der Waals surface area (Å²) in [4.78, 5) is 16.8. The Balaban J connectivity index is 3.01. The Morgan fingerprint density at radius 2 is 1.28 bits per heavy atom. The van der Waals surface area contributed by atoms with Crippen LogP contribution in [-0.2, 0) is 10.2 Å². The molecular formula is C23H43N5O3S. The van der Waals surface area contributed by atoms with Gasteiger partial charge in [-0.05, 0) is 77.1 Å². The van der Waals surface area contributed by atoms with Crippen molar-refractivity contribution in [2.45, 2.75) is 52.4 Å². The van der Waals surface area contributed by atoms with Crippen LogP contribution in [0, 0.1) is 0 Å². The van der Waals surface area contributed by atoms with Gasteiger partial charge in [-0.15, -0.1) is 0 Å².